The summed E-state index contributed by atoms with van der Waals surface area (Å²) in [5.41, 5.74) is 1.03. The molecule has 0 saturated heterocycles. The lowest BCUT2D eigenvalue weighted by Crippen LogP contribution is -2.26. The largest absolute Gasteiger partial charge is 0.352 e. The minimum atomic E-state index is -0.162. The van der Waals surface area contributed by atoms with E-state index in [-0.39, 0.29) is 11.8 Å². The number of carbonyl (C=O) groups excluding carboxylic acids is 2. The van der Waals surface area contributed by atoms with Crippen molar-refractivity contribution in [1.29, 1.82) is 0 Å². The van der Waals surface area contributed by atoms with Crippen LogP contribution < -0.4 is 10.6 Å². The maximum absolute atomic E-state index is 12.3. The fourth-order valence-electron chi connectivity index (χ4n) is 2.27. The zero-order valence-corrected chi connectivity index (χ0v) is 16.3. The maximum atomic E-state index is 12.3. The Hall–Kier alpha value is -1.98. The van der Waals surface area contributed by atoms with E-state index < -0.39 is 0 Å². The Labute approximate surface area is 163 Å². The van der Waals surface area contributed by atoms with Crippen LogP contribution in [0.2, 0.25) is 5.02 Å². The molecule has 0 saturated carbocycles. The standard InChI is InChI=1S/C20H23ClN2O2S/c1-2-3-13-22-20(25)17-6-4-5-7-18(17)23-19(24)12-14-26-16-10-8-15(21)9-11-16/h4-11H,2-3,12-14H2,1H3,(H,22,25)(H,23,24). The normalized spacial score (nSPS) is 10.4. The molecule has 138 valence electrons. The fourth-order valence-corrected chi connectivity index (χ4v) is 3.25. The smallest absolute Gasteiger partial charge is 0.253 e. The number of carbonyl (C=O) groups is 2. The summed E-state index contributed by atoms with van der Waals surface area (Å²) in [5.74, 6) is 0.378. The van der Waals surface area contributed by atoms with Gasteiger partial charge < -0.3 is 10.6 Å². The summed E-state index contributed by atoms with van der Waals surface area (Å²) in [6.45, 7) is 2.71. The average molecular weight is 391 g/mol. The molecule has 0 aromatic heterocycles. The molecule has 0 heterocycles. The fraction of sp³-hybridized carbons (Fsp3) is 0.300. The maximum Gasteiger partial charge on any atom is 0.253 e. The highest BCUT2D eigenvalue weighted by Gasteiger charge is 2.12. The number of unbranched alkanes of at least 4 members (excludes halogenated alkanes) is 1. The summed E-state index contributed by atoms with van der Waals surface area (Å²) >= 11 is 7.45. The highest BCUT2D eigenvalue weighted by Crippen LogP contribution is 2.21. The summed E-state index contributed by atoms with van der Waals surface area (Å²) in [6.07, 6.45) is 2.31. The van der Waals surface area contributed by atoms with Crippen molar-refractivity contribution >= 4 is 40.9 Å². The van der Waals surface area contributed by atoms with Crippen molar-refractivity contribution in [3.8, 4) is 0 Å². The number of nitrogens with one attached hydrogen (secondary N) is 2. The summed E-state index contributed by atoms with van der Waals surface area (Å²) in [5, 5.41) is 6.42. The summed E-state index contributed by atoms with van der Waals surface area (Å²) < 4.78 is 0. The zero-order chi connectivity index (χ0) is 18.8. The van der Waals surface area contributed by atoms with Gasteiger partial charge in [-0.15, -0.1) is 11.8 Å². The van der Waals surface area contributed by atoms with E-state index in [4.69, 9.17) is 11.6 Å². The van der Waals surface area contributed by atoms with E-state index in [2.05, 4.69) is 17.6 Å². The molecule has 6 heteroatoms. The van der Waals surface area contributed by atoms with Crippen molar-refractivity contribution in [2.24, 2.45) is 0 Å². The van der Waals surface area contributed by atoms with E-state index in [0.29, 0.717) is 35.0 Å². The number of halogens is 1. The monoisotopic (exact) mass is 390 g/mol. The molecule has 0 aliphatic rings. The Morgan fingerprint density at radius 1 is 1.08 bits per heavy atom. The average Bonchev–Trinajstić information content (AvgIpc) is 2.64. The Morgan fingerprint density at radius 2 is 1.81 bits per heavy atom. The second-order valence-electron chi connectivity index (χ2n) is 5.76. The van der Waals surface area contributed by atoms with E-state index in [1.165, 1.54) is 0 Å². The number of benzene rings is 2. The van der Waals surface area contributed by atoms with E-state index in [1.54, 1.807) is 36.0 Å². The van der Waals surface area contributed by atoms with Crippen LogP contribution in [0.3, 0.4) is 0 Å². The first-order chi connectivity index (χ1) is 12.6. The molecule has 0 bridgehead atoms. The Bertz CT molecular complexity index is 735. The SMILES string of the molecule is CCCCNC(=O)c1ccccc1NC(=O)CCSc1ccc(Cl)cc1. The molecule has 26 heavy (non-hydrogen) atoms. The predicted octanol–water partition coefficient (Wildman–Crippen LogP) is 4.99. The van der Waals surface area contributed by atoms with Crippen LogP contribution in [0, 0.1) is 0 Å². The topological polar surface area (TPSA) is 58.2 Å². The third-order valence-corrected chi connectivity index (χ3v) is 4.94. The van der Waals surface area contributed by atoms with E-state index in [1.807, 2.05) is 24.3 Å². The molecule has 0 spiro atoms. The highest BCUT2D eigenvalue weighted by atomic mass is 35.5. The highest BCUT2D eigenvalue weighted by molar-refractivity contribution is 7.99. The Balaban J connectivity index is 1.86. The van der Waals surface area contributed by atoms with E-state index >= 15 is 0 Å². The third-order valence-electron chi connectivity index (χ3n) is 3.67. The predicted molar refractivity (Wildman–Crippen MR) is 109 cm³/mol. The van der Waals surface area contributed by atoms with Gasteiger partial charge in [-0.3, -0.25) is 9.59 Å². The van der Waals surface area contributed by atoms with Gasteiger partial charge >= 0.3 is 0 Å². The van der Waals surface area contributed by atoms with Crippen molar-refractivity contribution in [2.75, 3.05) is 17.6 Å². The van der Waals surface area contributed by atoms with Crippen LogP contribution in [0.1, 0.15) is 36.5 Å². The van der Waals surface area contributed by atoms with Crippen molar-refractivity contribution in [2.45, 2.75) is 31.1 Å². The lowest BCUT2D eigenvalue weighted by molar-refractivity contribution is -0.115. The lowest BCUT2D eigenvalue weighted by Gasteiger charge is -2.11. The zero-order valence-electron chi connectivity index (χ0n) is 14.8. The Kier molecular flexibility index (Phi) is 8.51. The van der Waals surface area contributed by atoms with Gasteiger partial charge in [-0.05, 0) is 42.8 Å². The van der Waals surface area contributed by atoms with Gasteiger partial charge in [0.25, 0.3) is 5.91 Å². The van der Waals surface area contributed by atoms with Gasteiger partial charge in [0.2, 0.25) is 5.91 Å². The van der Waals surface area contributed by atoms with Gasteiger partial charge in [0.15, 0.2) is 0 Å². The molecule has 0 unspecified atom stereocenters. The molecule has 0 radical (unpaired) electrons. The molecule has 2 aromatic rings. The van der Waals surface area contributed by atoms with Crippen LogP contribution in [0.4, 0.5) is 5.69 Å². The number of hydrogen-bond acceptors (Lipinski definition) is 3. The summed E-state index contributed by atoms with van der Waals surface area (Å²) in [4.78, 5) is 25.6. The molecule has 0 fully saturated rings. The molecule has 2 amide bonds. The number of thioether (sulfide) groups is 1. The summed E-state index contributed by atoms with van der Waals surface area (Å²) in [7, 11) is 0. The first-order valence-electron chi connectivity index (χ1n) is 8.65. The second-order valence-corrected chi connectivity index (χ2v) is 7.36. The minimum Gasteiger partial charge on any atom is -0.352 e. The van der Waals surface area contributed by atoms with Crippen molar-refractivity contribution in [3.05, 3.63) is 59.1 Å². The third kappa shape index (κ3) is 6.73. The lowest BCUT2D eigenvalue weighted by atomic mass is 10.1. The van der Waals surface area contributed by atoms with Crippen LogP contribution in [0.5, 0.6) is 0 Å². The number of hydrogen-bond donors (Lipinski definition) is 2. The van der Waals surface area contributed by atoms with Gasteiger partial charge in [0.1, 0.15) is 0 Å². The minimum absolute atomic E-state index is 0.111. The molecule has 2 rings (SSSR count). The van der Waals surface area contributed by atoms with Crippen LogP contribution in [-0.2, 0) is 4.79 Å². The second kappa shape index (κ2) is 10.9. The van der Waals surface area contributed by atoms with Crippen LogP contribution in [0.25, 0.3) is 0 Å². The number of anilines is 1. The first kappa shape index (κ1) is 20.3. The van der Waals surface area contributed by atoms with Gasteiger partial charge in [0, 0.05) is 28.6 Å². The number of para-hydroxylation sites is 1. The van der Waals surface area contributed by atoms with Crippen LogP contribution in [-0.4, -0.2) is 24.1 Å². The van der Waals surface area contributed by atoms with Crippen molar-refractivity contribution in [3.63, 3.8) is 0 Å². The molecule has 2 N–H and O–H groups in total. The van der Waals surface area contributed by atoms with Gasteiger partial charge in [0.05, 0.1) is 11.3 Å². The van der Waals surface area contributed by atoms with Crippen LogP contribution in [0.15, 0.2) is 53.4 Å². The van der Waals surface area contributed by atoms with E-state index in [0.717, 1.165) is 17.7 Å². The molecule has 2 aromatic carbocycles. The molecular weight excluding hydrogens is 368 g/mol. The van der Waals surface area contributed by atoms with Gasteiger partial charge in [-0.1, -0.05) is 37.1 Å². The molecule has 0 aliphatic heterocycles. The van der Waals surface area contributed by atoms with Crippen molar-refractivity contribution < 1.29 is 9.59 Å². The first-order valence-corrected chi connectivity index (χ1v) is 10.0. The summed E-state index contributed by atoms with van der Waals surface area (Å²) in [6, 6.07) is 14.6. The number of amides is 2. The molecule has 0 atom stereocenters. The number of rotatable bonds is 9. The molecule has 0 aliphatic carbocycles. The molecule has 4 nitrogen and oxygen atoms in total. The van der Waals surface area contributed by atoms with E-state index in [9.17, 15) is 9.59 Å². The Morgan fingerprint density at radius 3 is 2.54 bits per heavy atom. The van der Waals surface area contributed by atoms with Gasteiger partial charge in [-0.2, -0.15) is 0 Å². The quantitative estimate of drug-likeness (QED) is 0.468. The molecular formula is C20H23ClN2O2S. The van der Waals surface area contributed by atoms with Crippen molar-refractivity contribution in [1.82, 2.24) is 5.32 Å². The van der Waals surface area contributed by atoms with Gasteiger partial charge in [-0.25, -0.2) is 0 Å². The van der Waals surface area contributed by atoms with Crippen LogP contribution >= 0.6 is 23.4 Å².